The van der Waals surface area contributed by atoms with Crippen molar-refractivity contribution < 1.29 is 32.3 Å². The maximum atomic E-state index is 12.6. The smallest absolute Gasteiger partial charge is 0.324 e. The zero-order chi connectivity index (χ0) is 15.4. The molecular weight excluding hydrogens is 284 g/mol. The summed E-state index contributed by atoms with van der Waals surface area (Å²) in [6.45, 7) is -1.45. The number of rotatable bonds is 7. The lowest BCUT2D eigenvalue weighted by Gasteiger charge is -2.40. The summed E-state index contributed by atoms with van der Waals surface area (Å²) in [6, 6.07) is -1.01. The van der Waals surface area contributed by atoms with Gasteiger partial charge in [0.15, 0.2) is 0 Å². The second-order valence-electron chi connectivity index (χ2n) is 5.02. The standard InChI is InChI=1S/C11H16F4N2O3/c12-8(13)11(14,15)6-17-9(20)16-5-10(2-1-3-10)4-7(18)19/h8H,1-6H2,(H,18,19)(H2,16,17,20). The summed E-state index contributed by atoms with van der Waals surface area (Å²) >= 11 is 0. The lowest BCUT2D eigenvalue weighted by Crippen LogP contribution is -2.49. The highest BCUT2D eigenvalue weighted by Gasteiger charge is 2.41. The van der Waals surface area contributed by atoms with Crippen LogP contribution in [0, 0.1) is 5.41 Å². The quantitative estimate of drug-likeness (QED) is 0.628. The number of carboxylic acid groups (broad SMARTS) is 1. The maximum absolute atomic E-state index is 12.6. The van der Waals surface area contributed by atoms with Crippen molar-refractivity contribution in [1.29, 1.82) is 0 Å². The average molecular weight is 300 g/mol. The molecule has 9 heteroatoms. The van der Waals surface area contributed by atoms with Gasteiger partial charge in [-0.2, -0.15) is 8.78 Å². The summed E-state index contributed by atoms with van der Waals surface area (Å²) in [5.74, 6) is -5.29. The Kier molecular flexibility index (Phi) is 5.18. The Bertz CT molecular complexity index is 373. The van der Waals surface area contributed by atoms with Crippen molar-refractivity contribution in [3.8, 4) is 0 Å². The molecule has 3 N–H and O–H groups in total. The minimum atomic E-state index is -4.29. The van der Waals surface area contributed by atoms with E-state index in [1.54, 1.807) is 5.32 Å². The van der Waals surface area contributed by atoms with E-state index in [-0.39, 0.29) is 13.0 Å². The molecule has 1 rings (SSSR count). The van der Waals surface area contributed by atoms with Gasteiger partial charge in [-0.3, -0.25) is 4.79 Å². The average Bonchev–Trinajstić information content (AvgIpc) is 2.29. The predicted octanol–water partition coefficient (Wildman–Crippen LogP) is 1.83. The van der Waals surface area contributed by atoms with Gasteiger partial charge in [0, 0.05) is 6.54 Å². The molecule has 0 heterocycles. The Labute approximate surface area is 112 Å². The highest BCUT2D eigenvalue weighted by molar-refractivity contribution is 5.74. The molecule has 1 aliphatic rings. The third kappa shape index (κ3) is 4.53. The Morgan fingerprint density at radius 2 is 1.85 bits per heavy atom. The summed E-state index contributed by atoms with van der Waals surface area (Å²) in [5, 5.41) is 12.6. The van der Waals surface area contributed by atoms with Gasteiger partial charge in [-0.1, -0.05) is 6.42 Å². The third-order valence-electron chi connectivity index (χ3n) is 3.37. The van der Waals surface area contributed by atoms with Crippen molar-refractivity contribution >= 4 is 12.0 Å². The van der Waals surface area contributed by atoms with Crippen LogP contribution in [-0.4, -0.2) is 42.5 Å². The number of carbonyl (C=O) groups excluding carboxylic acids is 1. The number of urea groups is 1. The summed E-state index contributed by atoms with van der Waals surface area (Å²) in [5.41, 5.74) is -0.561. The number of alkyl halides is 4. The van der Waals surface area contributed by atoms with E-state index in [0.29, 0.717) is 12.8 Å². The van der Waals surface area contributed by atoms with Crippen LogP contribution in [0.1, 0.15) is 25.7 Å². The number of hydrogen-bond acceptors (Lipinski definition) is 2. The highest BCUT2D eigenvalue weighted by atomic mass is 19.3. The Morgan fingerprint density at radius 3 is 2.25 bits per heavy atom. The second kappa shape index (κ2) is 6.27. The number of amides is 2. The SMILES string of the molecule is O=C(O)CC1(CNC(=O)NCC(F)(F)C(F)F)CCC1. The van der Waals surface area contributed by atoms with Gasteiger partial charge in [0.1, 0.15) is 0 Å². The zero-order valence-electron chi connectivity index (χ0n) is 10.6. The van der Waals surface area contributed by atoms with E-state index < -0.39 is 36.3 Å². The second-order valence-corrected chi connectivity index (χ2v) is 5.02. The Hall–Kier alpha value is -1.54. The van der Waals surface area contributed by atoms with Crippen LogP contribution in [-0.2, 0) is 4.79 Å². The minimum absolute atomic E-state index is 0.0192. The first-order valence-corrected chi connectivity index (χ1v) is 6.06. The first kappa shape index (κ1) is 16.5. The number of carboxylic acids is 1. The first-order valence-electron chi connectivity index (χ1n) is 6.06. The van der Waals surface area contributed by atoms with Crippen LogP contribution in [0.5, 0.6) is 0 Å². The van der Waals surface area contributed by atoms with Crippen molar-refractivity contribution in [2.45, 2.75) is 38.0 Å². The molecule has 0 atom stereocenters. The number of nitrogens with one attached hydrogen (secondary N) is 2. The van der Waals surface area contributed by atoms with Crippen LogP contribution in [0.3, 0.4) is 0 Å². The maximum Gasteiger partial charge on any atom is 0.324 e. The van der Waals surface area contributed by atoms with Crippen LogP contribution in [0.15, 0.2) is 0 Å². The van der Waals surface area contributed by atoms with Crippen molar-refractivity contribution in [3.05, 3.63) is 0 Å². The summed E-state index contributed by atoms with van der Waals surface area (Å²) < 4.78 is 48.8. The number of aliphatic carboxylic acids is 1. The number of hydrogen-bond donors (Lipinski definition) is 3. The fraction of sp³-hybridized carbons (Fsp3) is 0.818. The van der Waals surface area contributed by atoms with E-state index >= 15 is 0 Å². The van der Waals surface area contributed by atoms with Crippen LogP contribution in [0.2, 0.25) is 0 Å². The van der Waals surface area contributed by atoms with E-state index in [1.807, 2.05) is 0 Å². The number of halogens is 4. The summed E-state index contributed by atoms with van der Waals surface area (Å²) in [4.78, 5) is 21.9. The molecule has 0 unspecified atom stereocenters. The normalized spacial score (nSPS) is 17.4. The van der Waals surface area contributed by atoms with Crippen molar-refractivity contribution in [2.24, 2.45) is 5.41 Å². The fourth-order valence-electron chi connectivity index (χ4n) is 2.02. The van der Waals surface area contributed by atoms with Gasteiger partial charge in [0.25, 0.3) is 0 Å². The van der Waals surface area contributed by atoms with Gasteiger partial charge in [-0.15, -0.1) is 0 Å². The molecule has 2 amide bonds. The van der Waals surface area contributed by atoms with E-state index in [0.717, 1.165) is 6.42 Å². The van der Waals surface area contributed by atoms with Gasteiger partial charge in [-0.25, -0.2) is 13.6 Å². The number of carbonyl (C=O) groups is 2. The van der Waals surface area contributed by atoms with E-state index in [4.69, 9.17) is 5.11 Å². The van der Waals surface area contributed by atoms with Crippen molar-refractivity contribution in [2.75, 3.05) is 13.1 Å². The van der Waals surface area contributed by atoms with Crippen LogP contribution in [0.25, 0.3) is 0 Å². The molecular formula is C11H16F4N2O3. The van der Waals surface area contributed by atoms with Gasteiger partial charge in [0.2, 0.25) is 0 Å². The molecule has 0 bridgehead atoms. The third-order valence-corrected chi connectivity index (χ3v) is 3.37. The molecule has 1 aliphatic carbocycles. The van der Waals surface area contributed by atoms with E-state index in [2.05, 4.69) is 5.32 Å². The Morgan fingerprint density at radius 1 is 1.25 bits per heavy atom. The molecule has 0 saturated heterocycles. The first-order chi connectivity index (χ1) is 9.17. The molecule has 5 nitrogen and oxygen atoms in total. The topological polar surface area (TPSA) is 78.4 Å². The molecule has 1 saturated carbocycles. The zero-order valence-corrected chi connectivity index (χ0v) is 10.6. The molecule has 20 heavy (non-hydrogen) atoms. The van der Waals surface area contributed by atoms with Crippen molar-refractivity contribution in [1.82, 2.24) is 10.6 Å². The summed E-state index contributed by atoms with van der Waals surface area (Å²) in [6.07, 6.45) is -1.91. The van der Waals surface area contributed by atoms with Crippen LogP contribution < -0.4 is 10.6 Å². The molecule has 0 aromatic heterocycles. The molecule has 0 aromatic rings. The molecule has 0 aromatic carbocycles. The minimum Gasteiger partial charge on any atom is -0.481 e. The van der Waals surface area contributed by atoms with Gasteiger partial charge in [-0.05, 0) is 18.3 Å². The molecule has 0 radical (unpaired) electrons. The summed E-state index contributed by atoms with van der Waals surface area (Å²) in [7, 11) is 0. The van der Waals surface area contributed by atoms with Gasteiger partial charge >= 0.3 is 24.3 Å². The highest BCUT2D eigenvalue weighted by Crippen LogP contribution is 2.43. The lowest BCUT2D eigenvalue weighted by atomic mass is 9.66. The molecule has 116 valence electrons. The lowest BCUT2D eigenvalue weighted by molar-refractivity contribution is -0.141. The van der Waals surface area contributed by atoms with Gasteiger partial charge < -0.3 is 15.7 Å². The van der Waals surface area contributed by atoms with E-state index in [9.17, 15) is 27.2 Å². The van der Waals surface area contributed by atoms with Crippen molar-refractivity contribution in [3.63, 3.8) is 0 Å². The molecule has 0 spiro atoms. The molecule has 1 fully saturated rings. The van der Waals surface area contributed by atoms with Crippen LogP contribution >= 0.6 is 0 Å². The predicted molar refractivity (Wildman–Crippen MR) is 60.9 cm³/mol. The largest absolute Gasteiger partial charge is 0.481 e. The Balaban J connectivity index is 2.34. The fourth-order valence-corrected chi connectivity index (χ4v) is 2.02. The van der Waals surface area contributed by atoms with E-state index in [1.165, 1.54) is 0 Å². The monoisotopic (exact) mass is 300 g/mol. The van der Waals surface area contributed by atoms with Crippen LogP contribution in [0.4, 0.5) is 22.4 Å². The molecule has 0 aliphatic heterocycles. The van der Waals surface area contributed by atoms with Gasteiger partial charge in [0.05, 0.1) is 13.0 Å².